The van der Waals surface area contributed by atoms with Gasteiger partial charge in [0.2, 0.25) is 5.91 Å². The molecule has 3 aliphatic heterocycles. The zero-order valence-corrected chi connectivity index (χ0v) is 60.7. The van der Waals surface area contributed by atoms with E-state index in [4.69, 9.17) is 28.4 Å². The molecule has 99 heavy (non-hydrogen) atoms. The second kappa shape index (κ2) is 59.8. The van der Waals surface area contributed by atoms with Gasteiger partial charge in [0.1, 0.15) is 73.2 Å². The summed E-state index contributed by atoms with van der Waals surface area (Å²) in [6.45, 7) is 1.60. The summed E-state index contributed by atoms with van der Waals surface area (Å²) >= 11 is 0. The number of allylic oxidation sites excluding steroid dienone is 17. The molecule has 0 spiro atoms. The number of nitrogens with one attached hydrogen (secondary N) is 1. The van der Waals surface area contributed by atoms with Crippen LogP contribution in [0.5, 0.6) is 0 Å². The molecule has 17 unspecified atom stereocenters. The maximum Gasteiger partial charge on any atom is 0.220 e. The molecule has 570 valence electrons. The van der Waals surface area contributed by atoms with Crippen molar-refractivity contribution in [1.82, 2.24) is 5.32 Å². The lowest BCUT2D eigenvalue weighted by Crippen LogP contribution is -2.66. The van der Waals surface area contributed by atoms with Crippen LogP contribution < -0.4 is 5.32 Å². The Labute approximate surface area is 595 Å². The topological polar surface area (TPSA) is 307 Å². The lowest BCUT2D eigenvalue weighted by Gasteiger charge is -2.48. The van der Waals surface area contributed by atoms with Crippen LogP contribution in [0.15, 0.2) is 109 Å². The highest BCUT2D eigenvalue weighted by atomic mass is 16.8. The molecule has 1 amide bonds. The van der Waals surface area contributed by atoms with Gasteiger partial charge in [-0.25, -0.2) is 0 Å². The van der Waals surface area contributed by atoms with E-state index in [9.17, 15) is 61.0 Å². The number of ether oxygens (including phenoxy) is 6. The van der Waals surface area contributed by atoms with Gasteiger partial charge in [-0.15, -0.1) is 0 Å². The molecule has 0 saturated carbocycles. The van der Waals surface area contributed by atoms with Crippen LogP contribution in [0.3, 0.4) is 0 Å². The summed E-state index contributed by atoms with van der Waals surface area (Å²) in [7, 11) is 0. The Morgan fingerprint density at radius 1 is 0.374 bits per heavy atom. The first-order valence-corrected chi connectivity index (χ1v) is 38.6. The van der Waals surface area contributed by atoms with Gasteiger partial charge in [-0.1, -0.05) is 264 Å². The number of aliphatic hydroxyl groups is 11. The van der Waals surface area contributed by atoms with Gasteiger partial charge in [0.05, 0.1) is 38.6 Å². The fourth-order valence-corrected chi connectivity index (χ4v) is 12.3. The fraction of sp³-hybridized carbons (Fsp3) is 0.762. The third kappa shape index (κ3) is 40.3. The van der Waals surface area contributed by atoms with Crippen LogP contribution in [0.1, 0.15) is 258 Å². The van der Waals surface area contributed by atoms with Gasteiger partial charge in [0.25, 0.3) is 0 Å². The first-order valence-electron chi connectivity index (χ1n) is 38.6. The first kappa shape index (κ1) is 89.7. The average Bonchev–Trinajstić information content (AvgIpc) is 0.577. The minimum Gasteiger partial charge on any atom is -0.394 e. The van der Waals surface area contributed by atoms with E-state index in [-0.39, 0.29) is 18.9 Å². The van der Waals surface area contributed by atoms with Crippen LogP contribution in [0.4, 0.5) is 0 Å². The van der Waals surface area contributed by atoms with Crippen LogP contribution in [0.25, 0.3) is 0 Å². The molecule has 3 rings (SSSR count). The van der Waals surface area contributed by atoms with Crippen LogP contribution >= 0.6 is 0 Å². The molecular weight excluding hydrogens is 1260 g/mol. The third-order valence-electron chi connectivity index (χ3n) is 18.5. The Morgan fingerprint density at radius 3 is 1.13 bits per heavy atom. The Balaban J connectivity index is 1.41. The first-order chi connectivity index (χ1) is 48.3. The molecule has 0 aromatic rings. The van der Waals surface area contributed by atoms with E-state index in [0.29, 0.717) is 12.8 Å². The number of carbonyl (C=O) groups is 1. The van der Waals surface area contributed by atoms with Gasteiger partial charge in [0.15, 0.2) is 18.9 Å². The summed E-state index contributed by atoms with van der Waals surface area (Å²) in [6, 6.07) is -1.01. The molecule has 19 heteroatoms. The largest absolute Gasteiger partial charge is 0.394 e. The predicted octanol–water partition coefficient (Wildman–Crippen LogP) is 12.2. The molecule has 3 saturated heterocycles. The monoisotopic (exact) mass is 1400 g/mol. The second-order valence-electron chi connectivity index (χ2n) is 27.1. The smallest absolute Gasteiger partial charge is 0.220 e. The van der Waals surface area contributed by atoms with Crippen molar-refractivity contribution < 1.29 is 89.4 Å². The van der Waals surface area contributed by atoms with Crippen LogP contribution in [0.2, 0.25) is 0 Å². The molecule has 12 N–H and O–H groups in total. The van der Waals surface area contributed by atoms with Gasteiger partial charge in [0, 0.05) is 6.42 Å². The molecule has 19 nitrogen and oxygen atoms in total. The summed E-state index contributed by atoms with van der Waals surface area (Å²) in [6.07, 6.45) is 54.9. The van der Waals surface area contributed by atoms with Crippen LogP contribution in [0, 0.1) is 0 Å². The fourth-order valence-electron chi connectivity index (χ4n) is 12.3. The van der Waals surface area contributed by atoms with Crippen molar-refractivity contribution in [3.05, 3.63) is 109 Å². The second-order valence-corrected chi connectivity index (χ2v) is 27.1. The molecular formula is C80H137NO18. The van der Waals surface area contributed by atoms with Crippen molar-refractivity contribution in [3.63, 3.8) is 0 Å². The molecule has 0 aromatic carbocycles. The Hall–Kier alpha value is -3.55. The van der Waals surface area contributed by atoms with Crippen LogP contribution in [-0.4, -0.2) is 193 Å². The number of unbranched alkanes of at least 4 members (excludes halogenated alkanes) is 27. The summed E-state index contributed by atoms with van der Waals surface area (Å²) in [5.74, 6) is -0.295. The SMILES string of the molecule is CC/C=C\C/C=C\C/C=C\C/C=C\C/C=C\C/C=C\CCCCCCCCCCCCCCC(=O)NC(COC1OC(CO)C(OC2OC(CO)C(OC3OC(CO)C(O)C(O)C3O)C(O)C2O)C(O)C1O)C(O)/C=C/CC/C=C/CC/C=C/CCCCCCCCCCCCCCC. The highest BCUT2D eigenvalue weighted by Gasteiger charge is 2.53. The van der Waals surface area contributed by atoms with E-state index in [1.807, 2.05) is 6.08 Å². The minimum atomic E-state index is -1.99. The molecule has 0 bridgehead atoms. The van der Waals surface area contributed by atoms with Crippen molar-refractivity contribution in [1.29, 1.82) is 0 Å². The summed E-state index contributed by atoms with van der Waals surface area (Å²) in [5, 5.41) is 121. The molecule has 3 fully saturated rings. The zero-order valence-electron chi connectivity index (χ0n) is 60.7. The lowest BCUT2D eigenvalue weighted by atomic mass is 9.96. The molecule has 3 heterocycles. The van der Waals surface area contributed by atoms with E-state index >= 15 is 0 Å². The van der Waals surface area contributed by atoms with Gasteiger partial charge < -0.3 is 89.9 Å². The standard InChI is InChI=1S/C80H137NO18/c1-3-5-7-9-11-13-15-17-19-21-23-25-27-28-29-30-31-32-33-34-36-38-40-42-44-46-48-50-52-54-56-58-68(86)81-63(64(85)57-55-53-51-49-47-45-43-41-39-37-35-26-24-22-20-18-16-14-12-10-8-6-4-2)62-94-78-74(92)71(89)76(66(60-83)96-78)99-80-75(93)72(90)77(67(61-84)97-80)98-79-73(91)70(88)69(87)65(59-82)95-79/h5,7,11,13,17,19,23,25,28-29,31-32,39,41,47,49,55,57,63-67,69-80,82-85,87-93H,3-4,6,8-10,12,14-16,18,20-22,24,26-27,30,33-38,40,42-46,48,50-54,56,58-62H2,1-2H3,(H,81,86)/b7-5-,13-11-,19-17-,25-23-,29-28-,32-31-,41-39+,49-47+,57-55+. The summed E-state index contributed by atoms with van der Waals surface area (Å²) in [4.78, 5) is 13.5. The number of carbonyl (C=O) groups excluding carboxylic acids is 1. The van der Waals surface area contributed by atoms with Crippen molar-refractivity contribution >= 4 is 5.91 Å². The van der Waals surface area contributed by atoms with E-state index in [2.05, 4.69) is 116 Å². The van der Waals surface area contributed by atoms with E-state index in [1.54, 1.807) is 6.08 Å². The lowest BCUT2D eigenvalue weighted by molar-refractivity contribution is -0.379. The van der Waals surface area contributed by atoms with Gasteiger partial charge in [-0.3, -0.25) is 4.79 Å². The van der Waals surface area contributed by atoms with Gasteiger partial charge in [-0.2, -0.15) is 0 Å². The molecule has 3 aliphatic rings. The minimum absolute atomic E-state index is 0.223. The number of hydrogen-bond donors (Lipinski definition) is 12. The number of aliphatic hydroxyl groups excluding tert-OH is 11. The Morgan fingerprint density at radius 2 is 0.707 bits per heavy atom. The van der Waals surface area contributed by atoms with Crippen molar-refractivity contribution in [3.8, 4) is 0 Å². The molecule has 0 aromatic heterocycles. The highest BCUT2D eigenvalue weighted by Crippen LogP contribution is 2.33. The Kier molecular flexibility index (Phi) is 54.2. The molecule has 0 radical (unpaired) electrons. The number of amides is 1. The number of hydrogen-bond acceptors (Lipinski definition) is 18. The maximum atomic E-state index is 13.5. The van der Waals surface area contributed by atoms with Crippen molar-refractivity contribution in [2.75, 3.05) is 26.4 Å². The molecule has 17 atom stereocenters. The average molecular weight is 1400 g/mol. The van der Waals surface area contributed by atoms with E-state index in [1.165, 1.54) is 128 Å². The normalized spacial score (nSPS) is 27.2. The highest BCUT2D eigenvalue weighted by molar-refractivity contribution is 5.76. The van der Waals surface area contributed by atoms with Crippen LogP contribution in [-0.2, 0) is 33.2 Å². The zero-order chi connectivity index (χ0) is 71.8. The summed E-state index contributed by atoms with van der Waals surface area (Å²) in [5.41, 5.74) is 0. The van der Waals surface area contributed by atoms with E-state index < -0.39 is 124 Å². The summed E-state index contributed by atoms with van der Waals surface area (Å²) < 4.78 is 34.4. The maximum absolute atomic E-state index is 13.5. The predicted molar refractivity (Wildman–Crippen MR) is 392 cm³/mol. The van der Waals surface area contributed by atoms with Crippen molar-refractivity contribution in [2.45, 2.75) is 362 Å². The molecule has 0 aliphatic carbocycles. The van der Waals surface area contributed by atoms with Gasteiger partial charge >= 0.3 is 0 Å². The third-order valence-corrected chi connectivity index (χ3v) is 18.5. The van der Waals surface area contributed by atoms with Gasteiger partial charge in [-0.05, 0) is 96.3 Å². The quantitative estimate of drug-likeness (QED) is 0.0199. The number of rotatable bonds is 59. The van der Waals surface area contributed by atoms with E-state index in [0.717, 1.165) is 96.3 Å². The van der Waals surface area contributed by atoms with Crippen molar-refractivity contribution in [2.24, 2.45) is 0 Å². The Bertz CT molecular complexity index is 2220.